The summed E-state index contributed by atoms with van der Waals surface area (Å²) in [6, 6.07) is 5.61. The molecule has 1 aromatic heterocycles. The number of aryl methyl sites for hydroxylation is 1. The van der Waals surface area contributed by atoms with Crippen LogP contribution in [0.25, 0.3) is 0 Å². The number of sulfonamides is 1. The van der Waals surface area contributed by atoms with E-state index in [0.717, 1.165) is 35.0 Å². The summed E-state index contributed by atoms with van der Waals surface area (Å²) in [6.07, 6.45) is 3.04. The highest BCUT2D eigenvalue weighted by atomic mass is 35.5. The molecule has 0 unspecified atom stereocenters. The van der Waals surface area contributed by atoms with Gasteiger partial charge in [-0.3, -0.25) is 4.79 Å². The molecule has 0 bridgehead atoms. The van der Waals surface area contributed by atoms with Crippen molar-refractivity contribution < 1.29 is 23.1 Å². The molecule has 34 heavy (non-hydrogen) atoms. The minimum absolute atomic E-state index is 0.0917. The summed E-state index contributed by atoms with van der Waals surface area (Å²) in [7, 11) is -2.50. The van der Waals surface area contributed by atoms with Crippen LogP contribution in [-0.4, -0.2) is 53.0 Å². The molecule has 0 aliphatic heterocycles. The van der Waals surface area contributed by atoms with Crippen molar-refractivity contribution in [2.75, 3.05) is 13.7 Å². The van der Waals surface area contributed by atoms with E-state index in [9.17, 15) is 18.3 Å². The Balaban J connectivity index is 2.30. The number of aromatic nitrogens is 2. The number of aliphatic hydroxyl groups is 1. The van der Waals surface area contributed by atoms with E-state index in [4.69, 9.17) is 16.3 Å². The number of carbonyl (C=O) groups is 1. The monoisotopic (exact) mass is 513 g/mol. The Kier molecular flexibility index (Phi) is 10.5. The third kappa shape index (κ3) is 6.81. The van der Waals surface area contributed by atoms with Crippen LogP contribution in [0.15, 0.2) is 29.2 Å². The first-order chi connectivity index (χ1) is 16.1. The molecule has 0 spiro atoms. The van der Waals surface area contributed by atoms with Crippen LogP contribution in [0.2, 0.25) is 5.15 Å². The molecule has 0 saturated heterocycles. The number of halogens is 1. The van der Waals surface area contributed by atoms with Gasteiger partial charge in [-0.05, 0) is 43.4 Å². The lowest BCUT2D eigenvalue weighted by atomic mass is 10.0. The molecule has 0 radical (unpaired) electrons. The Morgan fingerprint density at radius 2 is 1.88 bits per heavy atom. The second-order valence-electron chi connectivity index (χ2n) is 8.68. The van der Waals surface area contributed by atoms with E-state index in [1.807, 2.05) is 18.4 Å². The maximum absolute atomic E-state index is 13.3. The van der Waals surface area contributed by atoms with Gasteiger partial charge in [0.1, 0.15) is 11.9 Å². The standard InChI is InChI=1S/C24H36ClN3O5S/c1-6-8-9-22-26-23(25)21(16-29)28(22)15-18-10-12-19(13-11-18)34(31,32)27(5)20(14-17(3)4)24(30)33-7-2/h10-13,17,20,29H,6-9,14-16H2,1-5H3/t20-/m1/s1. The van der Waals surface area contributed by atoms with E-state index >= 15 is 0 Å². The van der Waals surface area contributed by atoms with E-state index in [2.05, 4.69) is 11.9 Å². The number of unbranched alkanes of at least 4 members (excludes halogenated alkanes) is 1. The average molecular weight is 514 g/mol. The van der Waals surface area contributed by atoms with Crippen LogP contribution in [0.3, 0.4) is 0 Å². The lowest BCUT2D eigenvalue weighted by molar-refractivity contribution is -0.147. The summed E-state index contributed by atoms with van der Waals surface area (Å²) in [5.74, 6) is 0.351. The number of benzene rings is 1. The molecule has 1 N–H and O–H groups in total. The quantitative estimate of drug-likeness (QED) is 0.406. The lowest BCUT2D eigenvalue weighted by Crippen LogP contribution is -2.44. The fraction of sp³-hybridized carbons (Fsp3) is 0.583. The average Bonchev–Trinajstić information content (AvgIpc) is 3.09. The van der Waals surface area contributed by atoms with Crippen molar-refractivity contribution in [3.05, 3.63) is 46.5 Å². The van der Waals surface area contributed by atoms with Gasteiger partial charge >= 0.3 is 5.97 Å². The molecule has 10 heteroatoms. The summed E-state index contributed by atoms with van der Waals surface area (Å²) >= 11 is 6.21. The zero-order valence-electron chi connectivity index (χ0n) is 20.6. The maximum Gasteiger partial charge on any atom is 0.324 e. The topological polar surface area (TPSA) is 102 Å². The van der Waals surface area contributed by atoms with Crippen LogP contribution < -0.4 is 0 Å². The third-order valence-corrected chi connectivity index (χ3v) is 7.82. The number of carbonyl (C=O) groups excluding carboxylic acids is 1. The Labute approximate surface area is 207 Å². The number of hydrogen-bond acceptors (Lipinski definition) is 6. The molecular weight excluding hydrogens is 478 g/mol. The highest BCUT2D eigenvalue weighted by Gasteiger charge is 2.34. The molecule has 0 saturated carbocycles. The number of aliphatic hydroxyl groups excluding tert-OH is 1. The zero-order valence-corrected chi connectivity index (χ0v) is 22.2. The molecule has 1 atom stereocenters. The van der Waals surface area contributed by atoms with E-state index in [-0.39, 0.29) is 29.2 Å². The maximum atomic E-state index is 13.3. The number of likely N-dealkylation sites (N-methyl/N-ethyl adjacent to an activating group) is 1. The molecule has 2 aromatic rings. The van der Waals surface area contributed by atoms with Crippen LogP contribution in [0, 0.1) is 5.92 Å². The van der Waals surface area contributed by atoms with E-state index < -0.39 is 22.0 Å². The van der Waals surface area contributed by atoms with Crippen molar-refractivity contribution in [3.63, 3.8) is 0 Å². The van der Waals surface area contributed by atoms with Crippen molar-refractivity contribution >= 4 is 27.6 Å². The second kappa shape index (κ2) is 12.7. The van der Waals surface area contributed by atoms with Gasteiger partial charge in [0.2, 0.25) is 10.0 Å². The van der Waals surface area contributed by atoms with E-state index in [0.29, 0.717) is 18.7 Å². The van der Waals surface area contributed by atoms with Gasteiger partial charge < -0.3 is 14.4 Å². The summed E-state index contributed by atoms with van der Waals surface area (Å²) in [4.78, 5) is 16.9. The zero-order chi connectivity index (χ0) is 25.5. The van der Waals surface area contributed by atoms with Crippen molar-refractivity contribution in [1.29, 1.82) is 0 Å². The predicted octanol–water partition coefficient (Wildman–Crippen LogP) is 4.02. The van der Waals surface area contributed by atoms with Gasteiger partial charge in [0, 0.05) is 20.0 Å². The summed E-state index contributed by atoms with van der Waals surface area (Å²) in [5, 5.41) is 10.0. The summed E-state index contributed by atoms with van der Waals surface area (Å²) in [6.45, 7) is 8.00. The number of ether oxygens (including phenoxy) is 1. The first kappa shape index (κ1) is 28.3. The number of esters is 1. The highest BCUT2D eigenvalue weighted by Crippen LogP contribution is 2.24. The van der Waals surface area contributed by atoms with Gasteiger partial charge in [-0.1, -0.05) is 50.9 Å². The predicted molar refractivity (Wildman–Crippen MR) is 132 cm³/mol. The van der Waals surface area contributed by atoms with E-state index in [1.165, 1.54) is 19.2 Å². The minimum atomic E-state index is -3.91. The lowest BCUT2D eigenvalue weighted by Gasteiger charge is -2.27. The Morgan fingerprint density at radius 3 is 2.41 bits per heavy atom. The number of nitrogens with zero attached hydrogens (tertiary/aromatic N) is 3. The molecule has 190 valence electrons. The number of imidazole rings is 1. The van der Waals surface area contributed by atoms with Crippen molar-refractivity contribution in [1.82, 2.24) is 13.9 Å². The van der Waals surface area contributed by atoms with Crippen LogP contribution >= 0.6 is 11.6 Å². The molecule has 0 aliphatic carbocycles. The fourth-order valence-electron chi connectivity index (χ4n) is 3.73. The Morgan fingerprint density at radius 1 is 1.24 bits per heavy atom. The van der Waals surface area contributed by atoms with Gasteiger partial charge in [0.05, 0.1) is 23.8 Å². The van der Waals surface area contributed by atoms with Crippen molar-refractivity contribution in [3.8, 4) is 0 Å². The molecule has 1 aromatic carbocycles. The normalized spacial score (nSPS) is 13.0. The van der Waals surface area contributed by atoms with Gasteiger partial charge in [0.25, 0.3) is 0 Å². The molecule has 0 aliphatic rings. The van der Waals surface area contributed by atoms with Gasteiger partial charge in [0.15, 0.2) is 5.15 Å². The number of rotatable bonds is 13. The van der Waals surface area contributed by atoms with Crippen LogP contribution in [0.5, 0.6) is 0 Å². The van der Waals surface area contributed by atoms with Crippen LogP contribution in [0.1, 0.15) is 64.0 Å². The first-order valence-electron chi connectivity index (χ1n) is 11.6. The molecule has 0 amide bonds. The Hall–Kier alpha value is -1.94. The van der Waals surface area contributed by atoms with Crippen LogP contribution in [-0.2, 0) is 39.1 Å². The summed E-state index contributed by atoms with van der Waals surface area (Å²) in [5.41, 5.74) is 1.38. The smallest absolute Gasteiger partial charge is 0.324 e. The van der Waals surface area contributed by atoms with Crippen molar-refractivity contribution in [2.45, 2.75) is 77.5 Å². The van der Waals surface area contributed by atoms with Crippen molar-refractivity contribution in [2.24, 2.45) is 5.92 Å². The molecule has 2 rings (SSSR count). The molecular formula is C24H36ClN3O5S. The first-order valence-corrected chi connectivity index (χ1v) is 13.5. The molecule has 1 heterocycles. The molecule has 8 nitrogen and oxygen atoms in total. The Bertz CT molecular complexity index is 1050. The second-order valence-corrected chi connectivity index (χ2v) is 11.0. The SMILES string of the molecule is CCCCc1nc(Cl)c(CO)n1Cc1ccc(S(=O)(=O)N(C)[C@H](CC(C)C)C(=O)OCC)cc1. The van der Waals surface area contributed by atoms with Gasteiger partial charge in [-0.2, -0.15) is 4.31 Å². The largest absolute Gasteiger partial charge is 0.465 e. The van der Waals surface area contributed by atoms with Gasteiger partial charge in [-0.25, -0.2) is 13.4 Å². The third-order valence-electron chi connectivity index (χ3n) is 5.64. The highest BCUT2D eigenvalue weighted by molar-refractivity contribution is 7.89. The minimum Gasteiger partial charge on any atom is -0.465 e. The van der Waals surface area contributed by atoms with E-state index in [1.54, 1.807) is 19.1 Å². The molecule has 0 fully saturated rings. The summed E-state index contributed by atoms with van der Waals surface area (Å²) < 4.78 is 34.6. The van der Waals surface area contributed by atoms with Crippen LogP contribution in [0.4, 0.5) is 0 Å². The number of hydrogen-bond donors (Lipinski definition) is 1. The fourth-order valence-corrected chi connectivity index (χ4v) is 5.31. The van der Waals surface area contributed by atoms with Gasteiger partial charge in [-0.15, -0.1) is 0 Å².